The number of hydrogen-bond acceptors (Lipinski definition) is 4. The van der Waals surface area contributed by atoms with Crippen molar-refractivity contribution in [2.45, 2.75) is 43.0 Å². The van der Waals surface area contributed by atoms with E-state index in [-0.39, 0.29) is 11.5 Å². The molecule has 1 aliphatic rings. The molecule has 3 rings (SSSR count). The molecule has 0 radical (unpaired) electrons. The molecule has 0 fully saturated rings. The van der Waals surface area contributed by atoms with Crippen molar-refractivity contribution in [1.82, 2.24) is 9.55 Å². The Morgan fingerprint density at radius 3 is 2.96 bits per heavy atom. The van der Waals surface area contributed by atoms with Crippen molar-refractivity contribution in [3.63, 3.8) is 0 Å². The minimum atomic E-state index is -0.213. The highest BCUT2D eigenvalue weighted by atomic mass is 32.2. The van der Waals surface area contributed by atoms with Crippen LogP contribution in [0, 0.1) is 5.82 Å². The molecule has 24 heavy (non-hydrogen) atoms. The van der Waals surface area contributed by atoms with Crippen LogP contribution in [0.3, 0.4) is 0 Å². The number of fused-ring (bicyclic) bond motifs is 1. The monoisotopic (exact) mass is 348 g/mol. The highest BCUT2D eigenvalue weighted by Gasteiger charge is 2.22. The molecular weight excluding hydrogens is 327 g/mol. The van der Waals surface area contributed by atoms with Crippen molar-refractivity contribution in [2.75, 3.05) is 13.7 Å². The quantitative estimate of drug-likeness (QED) is 0.438. The van der Waals surface area contributed by atoms with Crippen LogP contribution in [0.1, 0.15) is 29.7 Å². The molecule has 1 aliphatic carbocycles. The molecule has 0 N–H and O–H groups in total. The number of nitrogens with zero attached hydrogens (tertiary/aromatic N) is 2. The Balaban J connectivity index is 1.82. The molecule has 1 aromatic heterocycles. The van der Waals surface area contributed by atoms with Crippen molar-refractivity contribution in [1.29, 1.82) is 0 Å². The van der Waals surface area contributed by atoms with Gasteiger partial charge in [0.1, 0.15) is 10.8 Å². The highest BCUT2D eigenvalue weighted by Crippen LogP contribution is 2.31. The molecule has 0 atom stereocenters. The summed E-state index contributed by atoms with van der Waals surface area (Å²) in [4.78, 5) is 16.7. The minimum absolute atomic E-state index is 0.206. The van der Waals surface area contributed by atoms with E-state index in [2.05, 4.69) is 4.98 Å². The first-order valence-corrected chi connectivity index (χ1v) is 9.17. The minimum Gasteiger partial charge on any atom is -0.385 e. The summed E-state index contributed by atoms with van der Waals surface area (Å²) < 4.78 is 20.6. The summed E-state index contributed by atoms with van der Waals surface area (Å²) >= 11 is 1.46. The van der Waals surface area contributed by atoms with E-state index in [9.17, 15) is 9.18 Å². The average molecular weight is 348 g/mol. The van der Waals surface area contributed by atoms with Crippen molar-refractivity contribution in [3.05, 3.63) is 57.4 Å². The zero-order valence-corrected chi connectivity index (χ0v) is 14.6. The smallest absolute Gasteiger partial charge is 0.348 e. The fraction of sp³-hybridized carbons (Fsp3) is 0.444. The molecular formula is C18H21FN2O2S. The molecule has 1 aromatic carbocycles. The summed E-state index contributed by atoms with van der Waals surface area (Å²) in [7, 11) is 1.66. The van der Waals surface area contributed by atoms with Gasteiger partial charge in [-0.05, 0) is 37.3 Å². The Morgan fingerprint density at radius 2 is 2.17 bits per heavy atom. The number of ether oxygens (including phenoxy) is 1. The Hall–Kier alpha value is -1.66. The SMILES string of the molecule is COCCCn1c2c(c(SCc3ccccc3F)nc1=O)CCC2. The lowest BCUT2D eigenvalue weighted by Gasteiger charge is -2.14. The standard InChI is InChI=1S/C18H21FN2O2S/c1-23-11-5-10-21-16-9-4-7-14(16)17(20-18(21)22)24-12-13-6-2-3-8-15(13)19/h2-3,6,8H,4-5,7,9-12H2,1H3. The lowest BCUT2D eigenvalue weighted by atomic mass is 10.2. The predicted octanol–water partition coefficient (Wildman–Crippen LogP) is 3.20. The number of aromatic nitrogens is 2. The van der Waals surface area contributed by atoms with Crippen molar-refractivity contribution < 1.29 is 9.13 Å². The lowest BCUT2D eigenvalue weighted by Crippen LogP contribution is -2.27. The van der Waals surface area contributed by atoms with E-state index in [4.69, 9.17) is 4.74 Å². The second-order valence-corrected chi connectivity index (χ2v) is 6.82. The molecule has 0 bridgehead atoms. The van der Waals surface area contributed by atoms with Gasteiger partial charge in [0, 0.05) is 37.3 Å². The molecule has 0 saturated heterocycles. The van der Waals surface area contributed by atoms with Crippen LogP contribution in [0.5, 0.6) is 0 Å². The normalized spacial score (nSPS) is 13.2. The van der Waals surface area contributed by atoms with Crippen LogP contribution in [0.25, 0.3) is 0 Å². The van der Waals surface area contributed by atoms with Gasteiger partial charge in [-0.3, -0.25) is 4.57 Å². The summed E-state index contributed by atoms with van der Waals surface area (Å²) in [5.74, 6) is 0.272. The van der Waals surface area contributed by atoms with Gasteiger partial charge in [-0.2, -0.15) is 4.98 Å². The van der Waals surface area contributed by atoms with E-state index in [1.807, 2.05) is 6.07 Å². The summed E-state index contributed by atoms with van der Waals surface area (Å²) in [5, 5.41) is 0.763. The Morgan fingerprint density at radius 1 is 1.33 bits per heavy atom. The maximum absolute atomic E-state index is 13.8. The first-order chi connectivity index (χ1) is 11.7. The molecule has 128 valence electrons. The zero-order chi connectivity index (χ0) is 16.9. The van der Waals surface area contributed by atoms with Crippen LogP contribution in [0.15, 0.2) is 34.1 Å². The predicted molar refractivity (Wildman–Crippen MR) is 93.0 cm³/mol. The summed E-state index contributed by atoms with van der Waals surface area (Å²) in [6.07, 6.45) is 3.68. The van der Waals surface area contributed by atoms with Gasteiger partial charge in [0.2, 0.25) is 0 Å². The van der Waals surface area contributed by atoms with Gasteiger partial charge in [0.25, 0.3) is 0 Å². The van der Waals surface area contributed by atoms with E-state index in [1.54, 1.807) is 23.8 Å². The number of rotatable bonds is 7. The largest absolute Gasteiger partial charge is 0.385 e. The van der Waals surface area contributed by atoms with Gasteiger partial charge in [0.05, 0.1) is 0 Å². The fourth-order valence-corrected chi connectivity index (χ4v) is 4.13. The maximum atomic E-state index is 13.8. The number of methoxy groups -OCH3 is 1. The second kappa shape index (κ2) is 7.94. The molecule has 2 aromatic rings. The van der Waals surface area contributed by atoms with Gasteiger partial charge in [0.15, 0.2) is 0 Å². The maximum Gasteiger partial charge on any atom is 0.348 e. The van der Waals surface area contributed by atoms with Crippen molar-refractivity contribution in [2.24, 2.45) is 0 Å². The molecule has 1 heterocycles. The first-order valence-electron chi connectivity index (χ1n) is 8.18. The fourth-order valence-electron chi connectivity index (χ4n) is 3.06. The number of thioether (sulfide) groups is 1. The van der Waals surface area contributed by atoms with Crippen LogP contribution in [-0.4, -0.2) is 23.3 Å². The van der Waals surface area contributed by atoms with Gasteiger partial charge >= 0.3 is 5.69 Å². The van der Waals surface area contributed by atoms with E-state index in [0.29, 0.717) is 24.5 Å². The molecule has 0 amide bonds. The average Bonchev–Trinajstić information content (AvgIpc) is 3.06. The third-order valence-electron chi connectivity index (χ3n) is 4.25. The second-order valence-electron chi connectivity index (χ2n) is 5.86. The van der Waals surface area contributed by atoms with Crippen LogP contribution < -0.4 is 5.69 Å². The third kappa shape index (κ3) is 3.70. The molecule has 4 nitrogen and oxygen atoms in total. The van der Waals surface area contributed by atoms with Crippen molar-refractivity contribution >= 4 is 11.8 Å². The lowest BCUT2D eigenvalue weighted by molar-refractivity contribution is 0.189. The molecule has 0 spiro atoms. The molecule has 0 saturated carbocycles. The van der Waals surface area contributed by atoms with Crippen LogP contribution in [0.4, 0.5) is 4.39 Å². The van der Waals surface area contributed by atoms with E-state index in [1.165, 1.54) is 17.8 Å². The Kier molecular flexibility index (Phi) is 5.68. The Labute approximate surface area is 145 Å². The number of benzene rings is 1. The van der Waals surface area contributed by atoms with Crippen LogP contribution in [0.2, 0.25) is 0 Å². The van der Waals surface area contributed by atoms with E-state index >= 15 is 0 Å². The first kappa shape index (κ1) is 17.2. The molecule has 0 aliphatic heterocycles. The summed E-state index contributed by atoms with van der Waals surface area (Å²) in [6.45, 7) is 1.27. The number of hydrogen-bond donors (Lipinski definition) is 0. The van der Waals surface area contributed by atoms with E-state index in [0.717, 1.165) is 42.0 Å². The Bertz CT molecular complexity index is 776. The van der Waals surface area contributed by atoms with Crippen molar-refractivity contribution in [3.8, 4) is 0 Å². The summed E-state index contributed by atoms with van der Waals surface area (Å²) in [5.41, 5.74) is 2.69. The topological polar surface area (TPSA) is 44.1 Å². The highest BCUT2D eigenvalue weighted by molar-refractivity contribution is 7.98. The van der Waals surface area contributed by atoms with E-state index < -0.39 is 0 Å². The third-order valence-corrected chi connectivity index (χ3v) is 5.32. The van der Waals surface area contributed by atoms with Gasteiger partial charge in [-0.15, -0.1) is 11.8 Å². The summed E-state index contributed by atoms with van der Waals surface area (Å²) in [6, 6.07) is 6.74. The molecule has 6 heteroatoms. The van der Waals surface area contributed by atoms with Crippen LogP contribution in [-0.2, 0) is 29.9 Å². The zero-order valence-electron chi connectivity index (χ0n) is 13.8. The van der Waals surface area contributed by atoms with Gasteiger partial charge < -0.3 is 4.74 Å². The van der Waals surface area contributed by atoms with Crippen LogP contribution >= 0.6 is 11.8 Å². The van der Waals surface area contributed by atoms with Gasteiger partial charge in [-0.1, -0.05) is 18.2 Å². The number of halogens is 1. The van der Waals surface area contributed by atoms with Gasteiger partial charge in [-0.25, -0.2) is 9.18 Å². The molecule has 0 unspecified atom stereocenters.